The number of hydrogen-bond acceptors (Lipinski definition) is 2. The predicted octanol–water partition coefficient (Wildman–Crippen LogP) is 4.22. The third-order valence-electron chi connectivity index (χ3n) is 4.05. The molecule has 2 nitrogen and oxygen atoms in total. The molecule has 1 aliphatic rings. The van der Waals surface area contributed by atoms with Gasteiger partial charge >= 0.3 is 0 Å². The third-order valence-corrected chi connectivity index (χ3v) is 4.49. The first-order valence-electron chi connectivity index (χ1n) is 7.10. The number of aryl methyl sites for hydroxylation is 1. The van der Waals surface area contributed by atoms with Gasteiger partial charge < -0.3 is 4.90 Å². The Balaban J connectivity index is 2.17. The van der Waals surface area contributed by atoms with Crippen molar-refractivity contribution in [3.8, 4) is 0 Å². The van der Waals surface area contributed by atoms with Crippen LogP contribution in [0.15, 0.2) is 18.2 Å². The van der Waals surface area contributed by atoms with Crippen molar-refractivity contribution in [2.24, 2.45) is 0 Å². The van der Waals surface area contributed by atoms with E-state index in [-0.39, 0.29) is 0 Å². The Kier molecular flexibility index (Phi) is 3.36. The molecule has 1 aliphatic carbocycles. The molecule has 0 atom stereocenters. The molecule has 0 radical (unpaired) electrons. The Morgan fingerprint density at radius 1 is 1.21 bits per heavy atom. The first kappa shape index (κ1) is 12.7. The summed E-state index contributed by atoms with van der Waals surface area (Å²) in [6.07, 6.45) is 3.33. The van der Waals surface area contributed by atoms with Gasteiger partial charge in [-0.2, -0.15) is 0 Å². The summed E-state index contributed by atoms with van der Waals surface area (Å²) < 4.78 is 0. The summed E-state index contributed by atoms with van der Waals surface area (Å²) in [7, 11) is 0. The van der Waals surface area contributed by atoms with Crippen molar-refractivity contribution < 1.29 is 0 Å². The number of halogens is 1. The van der Waals surface area contributed by atoms with Gasteiger partial charge in [0.05, 0.1) is 10.5 Å². The largest absolute Gasteiger partial charge is 0.372 e. The van der Waals surface area contributed by atoms with Crippen molar-refractivity contribution in [2.45, 2.75) is 33.1 Å². The van der Waals surface area contributed by atoms with Crippen molar-refractivity contribution in [3.05, 3.63) is 34.5 Å². The van der Waals surface area contributed by atoms with Crippen molar-refractivity contribution in [3.63, 3.8) is 0 Å². The molecule has 1 heterocycles. The summed E-state index contributed by atoms with van der Waals surface area (Å²) in [5.41, 5.74) is 4.74. The molecule has 1 aromatic heterocycles. The monoisotopic (exact) mass is 274 g/mol. The highest BCUT2D eigenvalue weighted by atomic mass is 35.5. The van der Waals surface area contributed by atoms with Gasteiger partial charge in [-0.3, -0.25) is 4.98 Å². The van der Waals surface area contributed by atoms with Crippen molar-refractivity contribution in [1.29, 1.82) is 0 Å². The topological polar surface area (TPSA) is 16.1 Å². The molecule has 1 aromatic carbocycles. The van der Waals surface area contributed by atoms with Crippen LogP contribution in [0.25, 0.3) is 10.9 Å². The molecule has 0 unspecified atom stereocenters. The number of fused-ring (bicyclic) bond motifs is 2. The average Bonchev–Trinajstić information content (AvgIpc) is 2.89. The van der Waals surface area contributed by atoms with E-state index in [2.05, 4.69) is 36.9 Å². The fourth-order valence-electron chi connectivity index (χ4n) is 2.98. The quantitative estimate of drug-likeness (QED) is 0.833. The first-order valence-corrected chi connectivity index (χ1v) is 7.48. The minimum atomic E-state index is 0.923. The summed E-state index contributed by atoms with van der Waals surface area (Å²) in [4.78, 5) is 7.10. The maximum absolute atomic E-state index is 6.59. The Morgan fingerprint density at radius 3 is 2.74 bits per heavy atom. The highest BCUT2D eigenvalue weighted by Gasteiger charge is 2.18. The van der Waals surface area contributed by atoms with Crippen LogP contribution in [-0.4, -0.2) is 18.1 Å². The van der Waals surface area contributed by atoms with E-state index in [0.717, 1.165) is 41.9 Å². The molecule has 2 aromatic rings. The standard InChI is InChI=1S/C16H19ClN2/c1-3-19(4-2)11-8-9-15-13(10-11)16(17)12-6-5-7-14(12)18-15/h8-10H,3-7H2,1-2H3. The highest BCUT2D eigenvalue weighted by molar-refractivity contribution is 6.36. The second kappa shape index (κ2) is 5.01. The van der Waals surface area contributed by atoms with E-state index in [1.54, 1.807) is 0 Å². The van der Waals surface area contributed by atoms with Crippen LogP contribution in [0.4, 0.5) is 5.69 Å². The zero-order valence-corrected chi connectivity index (χ0v) is 12.3. The van der Waals surface area contributed by atoms with Crippen LogP contribution in [0.1, 0.15) is 31.5 Å². The maximum atomic E-state index is 6.59. The Bertz CT molecular complexity index is 618. The summed E-state index contributed by atoms with van der Waals surface area (Å²) in [5.74, 6) is 0. The van der Waals surface area contributed by atoms with Gasteiger partial charge in [0.15, 0.2) is 0 Å². The summed E-state index contributed by atoms with van der Waals surface area (Å²) in [6, 6.07) is 6.45. The van der Waals surface area contributed by atoms with Crippen LogP contribution < -0.4 is 4.90 Å². The Hall–Kier alpha value is -1.28. The van der Waals surface area contributed by atoms with E-state index in [9.17, 15) is 0 Å². The zero-order chi connectivity index (χ0) is 13.4. The van der Waals surface area contributed by atoms with Crippen LogP contribution in [0.2, 0.25) is 5.02 Å². The number of hydrogen-bond donors (Lipinski definition) is 0. The molecular weight excluding hydrogens is 256 g/mol. The van der Waals surface area contributed by atoms with Gasteiger partial charge in [-0.25, -0.2) is 0 Å². The van der Waals surface area contributed by atoms with E-state index in [1.807, 2.05) is 0 Å². The lowest BCUT2D eigenvalue weighted by Gasteiger charge is -2.21. The maximum Gasteiger partial charge on any atom is 0.0722 e. The third kappa shape index (κ3) is 2.08. The second-order valence-corrected chi connectivity index (χ2v) is 5.46. The molecule has 0 saturated carbocycles. The highest BCUT2D eigenvalue weighted by Crippen LogP contribution is 2.35. The van der Waals surface area contributed by atoms with Gasteiger partial charge in [-0.05, 0) is 56.9 Å². The molecular formula is C16H19ClN2. The lowest BCUT2D eigenvalue weighted by atomic mass is 10.1. The zero-order valence-electron chi connectivity index (χ0n) is 11.5. The normalized spacial score (nSPS) is 13.8. The minimum absolute atomic E-state index is 0.923. The van der Waals surface area contributed by atoms with Crippen LogP contribution in [-0.2, 0) is 12.8 Å². The molecule has 0 spiro atoms. The smallest absolute Gasteiger partial charge is 0.0722 e. The van der Waals surface area contributed by atoms with Gasteiger partial charge in [-0.1, -0.05) is 11.6 Å². The first-order chi connectivity index (χ1) is 9.24. The lowest BCUT2D eigenvalue weighted by Crippen LogP contribution is -2.21. The fraction of sp³-hybridized carbons (Fsp3) is 0.438. The van der Waals surface area contributed by atoms with Crippen LogP contribution in [0, 0.1) is 0 Å². The SMILES string of the molecule is CCN(CC)c1ccc2nc3c(c(Cl)c2c1)CCC3. The Morgan fingerprint density at radius 2 is 2.00 bits per heavy atom. The second-order valence-electron chi connectivity index (χ2n) is 5.08. The number of pyridine rings is 1. The van der Waals surface area contributed by atoms with E-state index < -0.39 is 0 Å². The summed E-state index contributed by atoms with van der Waals surface area (Å²) >= 11 is 6.59. The number of anilines is 1. The van der Waals surface area contributed by atoms with Gasteiger partial charge in [0.2, 0.25) is 0 Å². The average molecular weight is 275 g/mol. The molecule has 100 valence electrons. The molecule has 0 amide bonds. The molecule has 3 rings (SSSR count). The van der Waals surface area contributed by atoms with Crippen LogP contribution >= 0.6 is 11.6 Å². The van der Waals surface area contributed by atoms with Gasteiger partial charge in [-0.15, -0.1) is 0 Å². The number of nitrogens with zero attached hydrogens (tertiary/aromatic N) is 2. The number of rotatable bonds is 3. The lowest BCUT2D eigenvalue weighted by molar-refractivity contribution is 0.867. The summed E-state index contributed by atoms with van der Waals surface area (Å²) in [5, 5.41) is 2.03. The van der Waals surface area contributed by atoms with Crippen LogP contribution in [0.5, 0.6) is 0 Å². The number of benzene rings is 1. The van der Waals surface area contributed by atoms with E-state index in [0.29, 0.717) is 0 Å². The fourth-order valence-corrected chi connectivity index (χ4v) is 3.33. The molecule has 3 heteroatoms. The van der Waals surface area contributed by atoms with Crippen molar-refractivity contribution in [2.75, 3.05) is 18.0 Å². The van der Waals surface area contributed by atoms with Crippen LogP contribution in [0.3, 0.4) is 0 Å². The van der Waals surface area contributed by atoms with Gasteiger partial charge in [0.25, 0.3) is 0 Å². The van der Waals surface area contributed by atoms with Crippen molar-refractivity contribution in [1.82, 2.24) is 4.98 Å². The summed E-state index contributed by atoms with van der Waals surface area (Å²) in [6.45, 7) is 6.38. The molecule has 0 N–H and O–H groups in total. The van der Waals surface area contributed by atoms with E-state index in [4.69, 9.17) is 16.6 Å². The Labute approximate surface area is 119 Å². The number of aromatic nitrogens is 1. The molecule has 0 fully saturated rings. The van der Waals surface area contributed by atoms with Crippen molar-refractivity contribution >= 4 is 28.2 Å². The molecule has 19 heavy (non-hydrogen) atoms. The molecule has 0 saturated heterocycles. The van der Waals surface area contributed by atoms with Gasteiger partial charge in [0.1, 0.15) is 0 Å². The minimum Gasteiger partial charge on any atom is -0.372 e. The van der Waals surface area contributed by atoms with Gasteiger partial charge in [0, 0.05) is 29.9 Å². The van der Waals surface area contributed by atoms with E-state index >= 15 is 0 Å². The molecule has 0 aliphatic heterocycles. The molecule has 0 bridgehead atoms. The van der Waals surface area contributed by atoms with E-state index in [1.165, 1.54) is 23.4 Å². The predicted molar refractivity (Wildman–Crippen MR) is 82.3 cm³/mol.